The predicted octanol–water partition coefficient (Wildman–Crippen LogP) is 0.937. The van der Waals surface area contributed by atoms with Crippen LogP contribution < -0.4 is 10.6 Å². The fraction of sp³-hybridized carbons (Fsp3) is 1.00. The summed E-state index contributed by atoms with van der Waals surface area (Å²) in [6.07, 6.45) is 2.14. The van der Waals surface area contributed by atoms with E-state index in [-0.39, 0.29) is 0 Å². The highest BCUT2D eigenvalue weighted by atomic mass is 32.2. The van der Waals surface area contributed by atoms with Gasteiger partial charge in [0.1, 0.15) is 0 Å². The van der Waals surface area contributed by atoms with Gasteiger partial charge in [-0.25, -0.2) is 0 Å². The zero-order valence-electron chi connectivity index (χ0n) is 7.81. The van der Waals surface area contributed by atoms with Crippen LogP contribution in [-0.4, -0.2) is 37.7 Å². The Kier molecular flexibility index (Phi) is 8.57. The average Bonchev–Trinajstić information content (AvgIpc) is 2.01. The molecule has 1 atom stereocenters. The van der Waals surface area contributed by atoms with E-state index >= 15 is 0 Å². The molecule has 0 spiro atoms. The summed E-state index contributed by atoms with van der Waals surface area (Å²) in [5, 5.41) is 6.74. The van der Waals surface area contributed by atoms with Crippen LogP contribution in [0.3, 0.4) is 0 Å². The third kappa shape index (κ3) is 8.17. The van der Waals surface area contributed by atoms with E-state index in [0.29, 0.717) is 6.04 Å². The van der Waals surface area contributed by atoms with Crippen LogP contribution in [0.2, 0.25) is 0 Å². The third-order valence-electron chi connectivity index (χ3n) is 1.50. The summed E-state index contributed by atoms with van der Waals surface area (Å²) < 4.78 is 0. The lowest BCUT2D eigenvalue weighted by Crippen LogP contribution is -2.37. The maximum absolute atomic E-state index is 3.44. The van der Waals surface area contributed by atoms with Gasteiger partial charge in [0.25, 0.3) is 0 Å². The minimum Gasteiger partial charge on any atom is -0.315 e. The molecule has 1 unspecified atom stereocenters. The lowest BCUT2D eigenvalue weighted by Gasteiger charge is -2.12. The quantitative estimate of drug-likeness (QED) is 0.565. The Balaban J connectivity index is 3.02. The van der Waals surface area contributed by atoms with E-state index in [4.69, 9.17) is 0 Å². The molecule has 0 aliphatic heterocycles. The second-order valence-electron chi connectivity index (χ2n) is 2.66. The molecule has 0 aliphatic rings. The molecule has 0 aliphatic carbocycles. The van der Waals surface area contributed by atoms with Gasteiger partial charge in [-0.05, 0) is 19.7 Å². The van der Waals surface area contributed by atoms with E-state index in [2.05, 4.69) is 30.7 Å². The first-order chi connectivity index (χ1) is 5.31. The zero-order chi connectivity index (χ0) is 8.53. The Morgan fingerprint density at radius 2 is 2.18 bits per heavy atom. The number of likely N-dealkylation sites (N-methyl/N-ethyl adjacent to an activating group) is 1. The standard InChI is InChI=1S/C8H20N2S/c1-4-9-7-8(2)10-5-6-11-3/h8-10H,4-7H2,1-3H3. The van der Waals surface area contributed by atoms with Gasteiger partial charge in [0.15, 0.2) is 0 Å². The Hall–Kier alpha value is 0.270. The van der Waals surface area contributed by atoms with Gasteiger partial charge in [-0.1, -0.05) is 6.92 Å². The molecule has 0 rings (SSSR count). The molecule has 11 heavy (non-hydrogen) atoms. The van der Waals surface area contributed by atoms with Gasteiger partial charge < -0.3 is 10.6 Å². The van der Waals surface area contributed by atoms with Gasteiger partial charge in [0.05, 0.1) is 0 Å². The molecule has 0 bridgehead atoms. The maximum atomic E-state index is 3.44. The van der Waals surface area contributed by atoms with E-state index in [9.17, 15) is 0 Å². The summed E-state index contributed by atoms with van der Waals surface area (Å²) in [7, 11) is 0. The fourth-order valence-electron chi connectivity index (χ4n) is 0.840. The van der Waals surface area contributed by atoms with Crippen molar-refractivity contribution in [3.63, 3.8) is 0 Å². The molecule has 0 amide bonds. The highest BCUT2D eigenvalue weighted by Crippen LogP contribution is 1.88. The van der Waals surface area contributed by atoms with Crippen LogP contribution in [0.25, 0.3) is 0 Å². The number of hydrogen-bond acceptors (Lipinski definition) is 3. The Morgan fingerprint density at radius 1 is 1.45 bits per heavy atom. The van der Waals surface area contributed by atoms with Crippen LogP contribution in [0.15, 0.2) is 0 Å². The molecule has 2 nitrogen and oxygen atoms in total. The molecule has 0 saturated heterocycles. The van der Waals surface area contributed by atoms with Crippen molar-refractivity contribution in [2.75, 3.05) is 31.6 Å². The first-order valence-electron chi connectivity index (χ1n) is 4.24. The van der Waals surface area contributed by atoms with Crippen molar-refractivity contribution in [1.29, 1.82) is 0 Å². The number of nitrogens with one attached hydrogen (secondary N) is 2. The topological polar surface area (TPSA) is 24.1 Å². The minimum absolute atomic E-state index is 0.599. The number of hydrogen-bond donors (Lipinski definition) is 2. The summed E-state index contributed by atoms with van der Waals surface area (Å²) in [5.41, 5.74) is 0. The van der Waals surface area contributed by atoms with E-state index < -0.39 is 0 Å². The van der Waals surface area contributed by atoms with Gasteiger partial charge in [-0.3, -0.25) is 0 Å². The van der Waals surface area contributed by atoms with Gasteiger partial charge in [-0.15, -0.1) is 0 Å². The van der Waals surface area contributed by atoms with E-state index in [1.54, 1.807) is 0 Å². The first kappa shape index (κ1) is 11.3. The fourth-order valence-corrected chi connectivity index (χ4v) is 1.16. The van der Waals surface area contributed by atoms with Crippen LogP contribution in [-0.2, 0) is 0 Å². The van der Waals surface area contributed by atoms with Gasteiger partial charge in [0, 0.05) is 24.9 Å². The molecule has 0 saturated carbocycles. The lowest BCUT2D eigenvalue weighted by molar-refractivity contribution is 0.525. The molecular formula is C8H20N2S. The van der Waals surface area contributed by atoms with Gasteiger partial charge >= 0.3 is 0 Å². The third-order valence-corrected chi connectivity index (χ3v) is 2.11. The normalized spacial score (nSPS) is 13.4. The number of rotatable bonds is 7. The smallest absolute Gasteiger partial charge is 0.0164 e. The summed E-state index contributed by atoms with van der Waals surface area (Å²) in [6.45, 7) is 7.60. The summed E-state index contributed by atoms with van der Waals surface area (Å²) in [5.74, 6) is 1.20. The zero-order valence-corrected chi connectivity index (χ0v) is 8.63. The van der Waals surface area contributed by atoms with Crippen molar-refractivity contribution in [2.45, 2.75) is 19.9 Å². The number of thioether (sulfide) groups is 1. The summed E-state index contributed by atoms with van der Waals surface area (Å²) in [6, 6.07) is 0.599. The second kappa shape index (κ2) is 8.37. The largest absolute Gasteiger partial charge is 0.315 e. The molecule has 0 fully saturated rings. The SMILES string of the molecule is CCNCC(C)NCCSC. The highest BCUT2D eigenvalue weighted by molar-refractivity contribution is 7.98. The summed E-state index contributed by atoms with van der Waals surface area (Å²) in [4.78, 5) is 0. The van der Waals surface area contributed by atoms with Crippen molar-refractivity contribution in [2.24, 2.45) is 0 Å². The Labute approximate surface area is 74.5 Å². The predicted molar refractivity (Wildman–Crippen MR) is 54.4 cm³/mol. The van der Waals surface area contributed by atoms with Crippen LogP contribution in [0.4, 0.5) is 0 Å². The summed E-state index contributed by atoms with van der Waals surface area (Å²) >= 11 is 1.88. The molecule has 0 aromatic carbocycles. The molecule has 0 aromatic rings. The van der Waals surface area contributed by atoms with Crippen LogP contribution >= 0.6 is 11.8 Å². The van der Waals surface area contributed by atoms with E-state index in [0.717, 1.165) is 19.6 Å². The van der Waals surface area contributed by atoms with Crippen molar-refractivity contribution < 1.29 is 0 Å². The monoisotopic (exact) mass is 176 g/mol. The van der Waals surface area contributed by atoms with Crippen molar-refractivity contribution in [3.8, 4) is 0 Å². The first-order valence-corrected chi connectivity index (χ1v) is 5.63. The molecule has 3 heteroatoms. The molecule has 2 N–H and O–H groups in total. The Morgan fingerprint density at radius 3 is 2.73 bits per heavy atom. The lowest BCUT2D eigenvalue weighted by atomic mass is 10.3. The van der Waals surface area contributed by atoms with Crippen molar-refractivity contribution in [1.82, 2.24) is 10.6 Å². The molecule has 0 aromatic heterocycles. The minimum atomic E-state index is 0.599. The van der Waals surface area contributed by atoms with Crippen LogP contribution in [0.1, 0.15) is 13.8 Å². The van der Waals surface area contributed by atoms with Gasteiger partial charge in [-0.2, -0.15) is 11.8 Å². The average molecular weight is 176 g/mol. The van der Waals surface area contributed by atoms with Crippen molar-refractivity contribution >= 4 is 11.8 Å². The van der Waals surface area contributed by atoms with Crippen molar-refractivity contribution in [3.05, 3.63) is 0 Å². The molecule has 0 heterocycles. The Bertz CT molecular complexity index is 78.5. The molecule has 0 radical (unpaired) electrons. The molecule has 68 valence electrons. The van der Waals surface area contributed by atoms with Gasteiger partial charge in [0.2, 0.25) is 0 Å². The highest BCUT2D eigenvalue weighted by Gasteiger charge is 1.97. The van der Waals surface area contributed by atoms with E-state index in [1.807, 2.05) is 11.8 Å². The van der Waals surface area contributed by atoms with E-state index in [1.165, 1.54) is 5.75 Å². The van der Waals surface area contributed by atoms with Crippen LogP contribution in [0.5, 0.6) is 0 Å². The second-order valence-corrected chi connectivity index (χ2v) is 3.64. The van der Waals surface area contributed by atoms with Crippen LogP contribution in [0, 0.1) is 0 Å². The molecular weight excluding hydrogens is 156 g/mol. The maximum Gasteiger partial charge on any atom is 0.0164 e.